The fraction of sp³-hybridized carbons (Fsp3) is 0.647. The molecule has 1 heterocycles. The lowest BCUT2D eigenvalue weighted by Crippen LogP contribution is -2.32. The van der Waals surface area contributed by atoms with Crippen LogP contribution >= 0.6 is 45.2 Å². The molecule has 2 amide bonds. The van der Waals surface area contributed by atoms with E-state index in [1.807, 2.05) is 17.1 Å². The Morgan fingerprint density at radius 3 is 2.32 bits per heavy atom. The van der Waals surface area contributed by atoms with E-state index in [1.165, 1.54) is 4.43 Å². The molecule has 0 bridgehead atoms. The van der Waals surface area contributed by atoms with Crippen LogP contribution < -0.4 is 5.32 Å². The van der Waals surface area contributed by atoms with Gasteiger partial charge in [0.2, 0.25) is 11.8 Å². The molecule has 4 unspecified atom stereocenters. The van der Waals surface area contributed by atoms with Crippen molar-refractivity contribution in [3.63, 3.8) is 0 Å². The van der Waals surface area contributed by atoms with Gasteiger partial charge in [-0.3, -0.25) is 14.9 Å². The van der Waals surface area contributed by atoms with Gasteiger partial charge in [-0.05, 0) is 39.1 Å². The second-order valence-electron chi connectivity index (χ2n) is 6.32. The summed E-state index contributed by atoms with van der Waals surface area (Å²) in [6.07, 6.45) is 7.12. The highest BCUT2D eigenvalue weighted by Gasteiger charge is 2.57. The lowest BCUT2D eigenvalue weighted by molar-refractivity contribution is -0.127. The van der Waals surface area contributed by atoms with E-state index in [2.05, 4.69) is 83.4 Å². The second kappa shape index (κ2) is 8.80. The molecule has 0 radical (unpaired) electrons. The van der Waals surface area contributed by atoms with Gasteiger partial charge < -0.3 is 0 Å². The van der Waals surface area contributed by atoms with Crippen molar-refractivity contribution in [2.24, 2.45) is 29.1 Å². The minimum absolute atomic E-state index is 0.0671. The smallest absolute Gasteiger partial charge is 0.231 e. The van der Waals surface area contributed by atoms with Crippen LogP contribution in [0, 0.1) is 29.1 Å². The first-order valence-electron chi connectivity index (χ1n) is 7.65. The first-order chi connectivity index (χ1) is 10.3. The maximum atomic E-state index is 12.1. The number of carbonyl (C=O) groups excluding carboxylic acids is 2. The van der Waals surface area contributed by atoms with Gasteiger partial charge in [0.15, 0.2) is 0 Å². The van der Waals surface area contributed by atoms with Crippen molar-refractivity contribution < 1.29 is 9.59 Å². The van der Waals surface area contributed by atoms with Crippen molar-refractivity contribution in [3.05, 3.63) is 22.3 Å². The fourth-order valence-corrected chi connectivity index (χ4v) is 4.52. The Labute approximate surface area is 161 Å². The minimum Gasteiger partial charge on any atom is -0.296 e. The van der Waals surface area contributed by atoms with Crippen LogP contribution in [-0.4, -0.2) is 16.2 Å². The first-order valence-corrected chi connectivity index (χ1v) is 10.4. The average molecular weight is 529 g/mol. The fourth-order valence-electron chi connectivity index (χ4n) is 3.59. The molecule has 124 valence electrons. The zero-order chi connectivity index (χ0) is 16.9. The topological polar surface area (TPSA) is 46.2 Å². The summed E-state index contributed by atoms with van der Waals surface area (Å²) in [6.45, 7) is 8.38. The van der Waals surface area contributed by atoms with Gasteiger partial charge >= 0.3 is 0 Å². The van der Waals surface area contributed by atoms with E-state index in [-0.39, 0.29) is 40.9 Å². The summed E-state index contributed by atoms with van der Waals surface area (Å²) in [6, 6.07) is 0. The third-order valence-electron chi connectivity index (χ3n) is 4.55. The van der Waals surface area contributed by atoms with Gasteiger partial charge in [0, 0.05) is 0 Å². The summed E-state index contributed by atoms with van der Waals surface area (Å²) in [5.41, 5.74) is -0.0671. The Hall–Kier alpha value is 0.0800. The number of nitrogens with one attached hydrogen (secondary N) is 1. The number of imide groups is 1. The number of alkyl halides is 1. The second-order valence-corrected chi connectivity index (χ2v) is 8.56. The molecule has 1 aliphatic heterocycles. The average Bonchev–Trinajstić information content (AvgIpc) is 2.92. The number of fused-ring (bicyclic) bond motifs is 1. The van der Waals surface area contributed by atoms with E-state index in [0.717, 1.165) is 6.42 Å². The zero-order valence-electron chi connectivity index (χ0n) is 13.6. The number of hydrogen-bond donors (Lipinski definition) is 1. The Balaban J connectivity index is 0.000000745. The van der Waals surface area contributed by atoms with Crippen LogP contribution in [-0.2, 0) is 9.59 Å². The molecule has 2 rings (SSSR count). The van der Waals surface area contributed by atoms with Gasteiger partial charge in [0.05, 0.1) is 11.8 Å². The largest absolute Gasteiger partial charge is 0.296 e. The molecule has 0 aromatic heterocycles. The Kier molecular flexibility index (Phi) is 8.05. The van der Waals surface area contributed by atoms with Crippen molar-refractivity contribution in [2.45, 2.75) is 34.1 Å². The zero-order valence-corrected chi connectivity index (χ0v) is 17.9. The first kappa shape index (κ1) is 20.1. The van der Waals surface area contributed by atoms with Crippen LogP contribution in [0.3, 0.4) is 0 Å². The molecule has 1 saturated heterocycles. The molecule has 1 saturated carbocycles. The molecule has 5 heteroatoms. The van der Waals surface area contributed by atoms with E-state index in [1.54, 1.807) is 0 Å². The summed E-state index contributed by atoms with van der Waals surface area (Å²) in [7, 11) is 0. The molecule has 2 fully saturated rings. The highest BCUT2D eigenvalue weighted by molar-refractivity contribution is 14.1. The van der Waals surface area contributed by atoms with Crippen LogP contribution in [0.1, 0.15) is 34.1 Å². The number of rotatable bonds is 3. The molecule has 1 aliphatic carbocycles. The maximum absolute atomic E-state index is 12.1. The molecule has 2 aliphatic rings. The lowest BCUT2D eigenvalue weighted by atomic mass is 9.72. The molecule has 0 aromatic carbocycles. The third kappa shape index (κ3) is 4.33. The predicted octanol–water partition coefficient (Wildman–Crippen LogP) is 4.50. The monoisotopic (exact) mass is 529 g/mol. The third-order valence-corrected chi connectivity index (χ3v) is 4.91. The van der Waals surface area contributed by atoms with Crippen molar-refractivity contribution in [1.82, 2.24) is 5.32 Å². The number of carbonyl (C=O) groups is 2. The van der Waals surface area contributed by atoms with Gasteiger partial charge in [-0.15, -0.1) is 0 Å². The van der Waals surface area contributed by atoms with Crippen LogP contribution in [0.5, 0.6) is 0 Å². The maximum Gasteiger partial charge on any atom is 0.231 e. The summed E-state index contributed by atoms with van der Waals surface area (Å²) in [4.78, 5) is 24.1. The minimum atomic E-state index is -0.171. The SMILES string of the molecule is C/C=C/C1CC(C(C)(C)/C=C/I)C2C(=O)NC(=O)C12.CCI. The summed E-state index contributed by atoms with van der Waals surface area (Å²) < 4.78 is 3.22. The highest BCUT2D eigenvalue weighted by atomic mass is 127. The number of allylic oxidation sites excluding steroid dienone is 3. The van der Waals surface area contributed by atoms with Crippen LogP contribution in [0.4, 0.5) is 0 Å². The van der Waals surface area contributed by atoms with Crippen LogP contribution in [0.2, 0.25) is 0 Å². The van der Waals surface area contributed by atoms with E-state index in [0.29, 0.717) is 0 Å². The van der Waals surface area contributed by atoms with E-state index < -0.39 is 0 Å². The predicted molar refractivity (Wildman–Crippen MR) is 108 cm³/mol. The van der Waals surface area contributed by atoms with Crippen molar-refractivity contribution in [2.75, 3.05) is 4.43 Å². The highest BCUT2D eigenvalue weighted by Crippen LogP contribution is 2.52. The Bertz CT molecular complexity index is 471. The molecule has 0 spiro atoms. The quantitative estimate of drug-likeness (QED) is 0.254. The molecular formula is C17H25I2NO2. The molecule has 1 N–H and O–H groups in total. The van der Waals surface area contributed by atoms with Crippen LogP contribution in [0.25, 0.3) is 0 Å². The van der Waals surface area contributed by atoms with E-state index in [9.17, 15) is 9.59 Å². The number of hydrogen-bond acceptors (Lipinski definition) is 2. The standard InChI is InChI=1S/C15H20INO2.C2H5I/c1-4-5-9-8-10(15(2,3)6-7-16)12-11(9)13(18)17-14(12)19;1-2-3/h4-7,9-12H,8H2,1-3H3,(H,17,18,19);2H2,1H3/b5-4+,7-6+;. The van der Waals surface area contributed by atoms with Gasteiger partial charge in [-0.2, -0.15) is 0 Å². The number of amides is 2. The van der Waals surface area contributed by atoms with Gasteiger partial charge in [-0.1, -0.05) is 84.2 Å². The summed E-state index contributed by atoms with van der Waals surface area (Å²) in [5, 5.41) is 2.51. The van der Waals surface area contributed by atoms with Crippen molar-refractivity contribution in [1.29, 1.82) is 0 Å². The molecule has 3 nitrogen and oxygen atoms in total. The molecule has 22 heavy (non-hydrogen) atoms. The van der Waals surface area contributed by atoms with Gasteiger partial charge in [0.25, 0.3) is 0 Å². The van der Waals surface area contributed by atoms with Crippen molar-refractivity contribution >= 4 is 57.0 Å². The molecule has 0 aromatic rings. The van der Waals surface area contributed by atoms with Gasteiger partial charge in [0.1, 0.15) is 0 Å². The normalized spacial score (nSPS) is 31.4. The van der Waals surface area contributed by atoms with Gasteiger partial charge in [-0.25, -0.2) is 0 Å². The lowest BCUT2D eigenvalue weighted by Gasteiger charge is -2.31. The Morgan fingerprint density at radius 2 is 1.82 bits per heavy atom. The van der Waals surface area contributed by atoms with E-state index >= 15 is 0 Å². The van der Waals surface area contributed by atoms with Crippen LogP contribution in [0.15, 0.2) is 22.3 Å². The molecular weight excluding hydrogens is 504 g/mol. The summed E-state index contributed by atoms with van der Waals surface area (Å²) >= 11 is 4.50. The van der Waals surface area contributed by atoms with Crippen molar-refractivity contribution in [3.8, 4) is 0 Å². The number of halogens is 2. The summed E-state index contributed by atoms with van der Waals surface area (Å²) in [5.74, 6) is -0.104. The molecule has 4 atom stereocenters. The Morgan fingerprint density at radius 1 is 1.27 bits per heavy atom. The van der Waals surface area contributed by atoms with E-state index in [4.69, 9.17) is 0 Å².